The lowest BCUT2D eigenvalue weighted by atomic mass is 10.0. The van der Waals surface area contributed by atoms with Gasteiger partial charge < -0.3 is 9.80 Å². The zero-order valence-electron chi connectivity index (χ0n) is 28.7. The van der Waals surface area contributed by atoms with Gasteiger partial charge >= 0.3 is 0 Å². The predicted molar refractivity (Wildman–Crippen MR) is 211 cm³/mol. The van der Waals surface area contributed by atoms with Gasteiger partial charge in [-0.1, -0.05) is 83.9 Å². The molecule has 0 amide bonds. The van der Waals surface area contributed by atoms with Gasteiger partial charge in [-0.3, -0.25) is 0 Å². The van der Waals surface area contributed by atoms with Crippen LogP contribution >= 0.6 is 0 Å². The molecule has 0 aliphatic carbocycles. The Morgan fingerprint density at radius 2 is 0.692 bits per heavy atom. The minimum absolute atomic E-state index is 0.0472. The summed E-state index contributed by atoms with van der Waals surface area (Å²) in [5.74, 6) is 0. The second kappa shape index (κ2) is 15.7. The Morgan fingerprint density at radius 3 is 0.942 bits per heavy atom. The Labute approximate surface area is 304 Å². The summed E-state index contributed by atoms with van der Waals surface area (Å²) < 4.78 is 0. The maximum Gasteiger partial charge on any atom is 0.262 e. The molecule has 0 saturated carbocycles. The first kappa shape index (κ1) is 34.2. The van der Waals surface area contributed by atoms with E-state index in [-0.39, 0.29) is 11.4 Å². The third-order valence-electron chi connectivity index (χ3n) is 8.55. The number of benzene rings is 6. The third kappa shape index (κ3) is 7.80. The molecular weight excluding hydrogens is 637 g/mol. The SMILES string of the molecule is [C-]#[N+]C(C#N)=Cc1ccc(N(c2ccc(C)cc2)c2ccc(-c3ccc(N(c4ccc(C)cc4)c4ccc(C=C(C#N)[N+]#[C-])cc4)cc3)cc2)cc1. The molecule has 6 rings (SSSR count). The van der Waals surface area contributed by atoms with Crippen LogP contribution in [-0.4, -0.2) is 0 Å². The average molecular weight is 669 g/mol. The zero-order chi connectivity index (χ0) is 36.5. The molecule has 0 radical (unpaired) electrons. The molecule has 6 aromatic carbocycles. The fraction of sp³-hybridized carbons (Fsp3) is 0.0435. The van der Waals surface area contributed by atoms with Crippen LogP contribution in [0.15, 0.2) is 157 Å². The summed E-state index contributed by atoms with van der Waals surface area (Å²) in [5, 5.41) is 18.4. The summed E-state index contributed by atoms with van der Waals surface area (Å²) in [5.41, 5.74) is 12.1. The summed E-state index contributed by atoms with van der Waals surface area (Å²) >= 11 is 0. The van der Waals surface area contributed by atoms with Crippen LogP contribution in [-0.2, 0) is 0 Å². The lowest BCUT2D eigenvalue weighted by Crippen LogP contribution is -2.10. The van der Waals surface area contributed by atoms with Crippen molar-refractivity contribution in [2.24, 2.45) is 0 Å². The van der Waals surface area contributed by atoms with E-state index in [0.717, 1.165) is 56.4 Å². The summed E-state index contributed by atoms with van der Waals surface area (Å²) in [4.78, 5) is 10.9. The smallest absolute Gasteiger partial charge is 0.262 e. The highest BCUT2D eigenvalue weighted by molar-refractivity contribution is 5.81. The van der Waals surface area contributed by atoms with Gasteiger partial charge in [0, 0.05) is 34.1 Å². The standard InChI is InChI=1S/C46H32N6/c1-33-5-17-41(18-6-33)51(43-21-9-35(10-22-43)29-39(31-47)49-3)45-25-13-37(14-26-45)38-15-27-46(28-16-38)52(42-19-7-34(2)8-20-42)44-23-11-36(12-24-44)30-40(32-48)50-4/h5-30H,1-2H3. The molecule has 0 spiro atoms. The van der Waals surface area contributed by atoms with Gasteiger partial charge in [-0.25, -0.2) is 20.2 Å². The molecule has 6 heteroatoms. The average Bonchev–Trinajstić information content (AvgIpc) is 3.19. The predicted octanol–water partition coefficient (Wildman–Crippen LogP) is 12.5. The van der Waals surface area contributed by atoms with Crippen LogP contribution in [0.1, 0.15) is 22.3 Å². The van der Waals surface area contributed by atoms with Crippen molar-refractivity contribution in [2.45, 2.75) is 13.8 Å². The van der Waals surface area contributed by atoms with Crippen molar-refractivity contribution in [3.8, 4) is 23.3 Å². The van der Waals surface area contributed by atoms with E-state index in [1.54, 1.807) is 12.2 Å². The van der Waals surface area contributed by atoms with E-state index < -0.39 is 0 Å². The number of anilines is 6. The number of rotatable bonds is 9. The van der Waals surface area contributed by atoms with E-state index in [2.05, 4.69) is 130 Å². The lowest BCUT2D eigenvalue weighted by molar-refractivity contribution is 1.27. The molecule has 6 aromatic rings. The summed E-state index contributed by atoms with van der Waals surface area (Å²) in [7, 11) is 0. The first-order chi connectivity index (χ1) is 25.4. The molecule has 6 nitrogen and oxygen atoms in total. The number of nitrogens with zero attached hydrogens (tertiary/aromatic N) is 6. The van der Waals surface area contributed by atoms with Crippen LogP contribution < -0.4 is 9.80 Å². The number of hydrogen-bond acceptors (Lipinski definition) is 4. The van der Waals surface area contributed by atoms with E-state index >= 15 is 0 Å². The first-order valence-electron chi connectivity index (χ1n) is 16.5. The van der Waals surface area contributed by atoms with Crippen molar-refractivity contribution in [1.82, 2.24) is 0 Å². The topological polar surface area (TPSA) is 62.8 Å². The minimum Gasteiger partial charge on any atom is -0.311 e. The van der Waals surface area contributed by atoms with Gasteiger partial charge in [-0.05, 0) is 121 Å². The monoisotopic (exact) mass is 668 g/mol. The summed E-state index contributed by atoms with van der Waals surface area (Å²) in [6, 6.07) is 53.3. The van der Waals surface area contributed by atoms with Gasteiger partial charge in [0.25, 0.3) is 11.4 Å². The van der Waals surface area contributed by atoms with Crippen LogP contribution in [0, 0.1) is 49.7 Å². The number of hydrogen-bond donors (Lipinski definition) is 0. The molecule has 0 fully saturated rings. The molecule has 0 unspecified atom stereocenters. The highest BCUT2D eigenvalue weighted by Gasteiger charge is 2.15. The van der Waals surface area contributed by atoms with Gasteiger partial charge in [0.1, 0.15) is 0 Å². The van der Waals surface area contributed by atoms with E-state index in [4.69, 9.17) is 13.1 Å². The van der Waals surface area contributed by atoms with Crippen LogP contribution in [0.25, 0.3) is 33.0 Å². The fourth-order valence-electron chi connectivity index (χ4n) is 5.82. The molecule has 0 atom stereocenters. The second-order valence-corrected chi connectivity index (χ2v) is 12.1. The first-order valence-corrected chi connectivity index (χ1v) is 16.5. The number of aryl methyl sites for hydroxylation is 2. The number of allylic oxidation sites excluding steroid dienone is 2. The van der Waals surface area contributed by atoms with E-state index in [1.807, 2.05) is 60.7 Å². The molecule has 0 heterocycles. The molecule has 0 N–H and O–H groups in total. The number of nitriles is 2. The Kier molecular flexibility index (Phi) is 10.3. The van der Waals surface area contributed by atoms with E-state index in [0.29, 0.717) is 0 Å². The van der Waals surface area contributed by atoms with E-state index in [9.17, 15) is 10.5 Å². The van der Waals surface area contributed by atoms with Crippen molar-refractivity contribution in [3.63, 3.8) is 0 Å². The van der Waals surface area contributed by atoms with Crippen LogP contribution in [0.2, 0.25) is 0 Å². The zero-order valence-corrected chi connectivity index (χ0v) is 28.7. The van der Waals surface area contributed by atoms with Gasteiger partial charge in [0.15, 0.2) is 0 Å². The van der Waals surface area contributed by atoms with Crippen molar-refractivity contribution in [3.05, 3.63) is 202 Å². The molecule has 52 heavy (non-hydrogen) atoms. The fourth-order valence-corrected chi connectivity index (χ4v) is 5.82. The molecular formula is C46H32N6. The van der Waals surface area contributed by atoms with E-state index in [1.165, 1.54) is 11.1 Å². The summed E-state index contributed by atoms with van der Waals surface area (Å²) in [6.07, 6.45) is 3.18. The molecule has 0 aliphatic rings. The maximum atomic E-state index is 9.18. The lowest BCUT2D eigenvalue weighted by Gasteiger charge is -2.26. The van der Waals surface area contributed by atoms with Crippen LogP contribution in [0.4, 0.5) is 34.1 Å². The van der Waals surface area contributed by atoms with Crippen molar-refractivity contribution >= 4 is 46.3 Å². The van der Waals surface area contributed by atoms with Crippen LogP contribution in [0.3, 0.4) is 0 Å². The highest BCUT2D eigenvalue weighted by Crippen LogP contribution is 2.38. The second-order valence-electron chi connectivity index (χ2n) is 12.1. The molecule has 0 bridgehead atoms. The van der Waals surface area contributed by atoms with Gasteiger partial charge in [0.05, 0.1) is 25.3 Å². The maximum absolute atomic E-state index is 9.18. The Bertz CT molecular complexity index is 2200. The normalized spacial score (nSPS) is 11.0. The third-order valence-corrected chi connectivity index (χ3v) is 8.55. The molecule has 0 aromatic heterocycles. The van der Waals surface area contributed by atoms with Gasteiger partial charge in [-0.2, -0.15) is 0 Å². The Hall–Kier alpha value is -7.64. The largest absolute Gasteiger partial charge is 0.311 e. The van der Waals surface area contributed by atoms with Crippen molar-refractivity contribution < 1.29 is 0 Å². The molecule has 0 saturated heterocycles. The highest BCUT2D eigenvalue weighted by atomic mass is 15.1. The van der Waals surface area contributed by atoms with Crippen molar-refractivity contribution in [1.29, 1.82) is 10.5 Å². The Morgan fingerprint density at radius 1 is 0.442 bits per heavy atom. The van der Waals surface area contributed by atoms with Gasteiger partial charge in [-0.15, -0.1) is 0 Å². The molecule has 246 valence electrons. The quantitative estimate of drug-likeness (QED) is 0.114. The van der Waals surface area contributed by atoms with Crippen molar-refractivity contribution in [2.75, 3.05) is 9.80 Å². The van der Waals surface area contributed by atoms with Gasteiger partial charge in [0.2, 0.25) is 0 Å². The molecule has 0 aliphatic heterocycles. The Balaban J connectivity index is 1.30. The van der Waals surface area contributed by atoms with Crippen LogP contribution in [0.5, 0.6) is 0 Å². The minimum atomic E-state index is 0.0472. The summed E-state index contributed by atoms with van der Waals surface area (Å²) in [6.45, 7) is 18.5.